The van der Waals surface area contributed by atoms with Crippen molar-refractivity contribution >= 4 is 46.5 Å². The molecule has 0 aliphatic carbocycles. The second-order valence-corrected chi connectivity index (χ2v) is 10.1. The summed E-state index contributed by atoms with van der Waals surface area (Å²) in [5.74, 6) is 1.63. The Morgan fingerprint density at radius 1 is 1.06 bits per heavy atom. The first-order valence-electron chi connectivity index (χ1n) is 11.5. The van der Waals surface area contributed by atoms with Crippen LogP contribution in [0.25, 0.3) is 0 Å². The smallest absolute Gasteiger partial charge is 0.230 e. The molecule has 0 bridgehead atoms. The number of piperidine rings is 1. The Hall–Kier alpha value is -2.38. The molecule has 0 radical (unpaired) electrons. The maximum Gasteiger partial charge on any atom is 0.230 e. The van der Waals surface area contributed by atoms with Crippen LogP contribution in [0.5, 0.6) is 5.75 Å². The van der Waals surface area contributed by atoms with Crippen molar-refractivity contribution in [1.82, 2.24) is 14.9 Å². The van der Waals surface area contributed by atoms with E-state index in [1.54, 1.807) is 18.2 Å². The van der Waals surface area contributed by atoms with E-state index in [9.17, 15) is 4.79 Å². The summed E-state index contributed by atoms with van der Waals surface area (Å²) in [5, 5.41) is 3.89. The third-order valence-electron chi connectivity index (χ3n) is 6.07. The Morgan fingerprint density at radius 2 is 1.74 bits per heavy atom. The number of amides is 1. The molecule has 6 nitrogen and oxygen atoms in total. The highest BCUT2D eigenvalue weighted by atomic mass is 35.5. The number of benzene rings is 2. The minimum absolute atomic E-state index is 0.00713. The molecule has 4 rings (SSSR count). The number of rotatable bonds is 8. The largest absolute Gasteiger partial charge is 0.493 e. The normalized spacial score (nSPS) is 14.6. The van der Waals surface area contributed by atoms with Crippen LogP contribution < -0.4 is 10.1 Å². The number of halogens is 3. The topological polar surface area (TPSA) is 67.3 Å². The van der Waals surface area contributed by atoms with Gasteiger partial charge in [-0.2, -0.15) is 0 Å². The molecule has 35 heavy (non-hydrogen) atoms. The van der Waals surface area contributed by atoms with Crippen LogP contribution in [0.1, 0.15) is 29.7 Å². The van der Waals surface area contributed by atoms with Gasteiger partial charge in [0.15, 0.2) is 0 Å². The van der Waals surface area contributed by atoms with E-state index in [-0.39, 0.29) is 12.3 Å². The van der Waals surface area contributed by atoms with Crippen LogP contribution in [0.4, 0.5) is 5.82 Å². The summed E-state index contributed by atoms with van der Waals surface area (Å²) in [4.78, 5) is 23.4. The number of hydrogen-bond donors (Lipinski definition) is 1. The summed E-state index contributed by atoms with van der Waals surface area (Å²) < 4.78 is 6.00. The Kier molecular flexibility index (Phi) is 8.84. The van der Waals surface area contributed by atoms with E-state index >= 15 is 0 Å². The predicted octanol–water partition coefficient (Wildman–Crippen LogP) is 5.93. The number of carbonyl (C=O) groups excluding carboxylic acids is 1. The second-order valence-electron chi connectivity index (χ2n) is 8.85. The van der Waals surface area contributed by atoms with Crippen LogP contribution in [-0.4, -0.2) is 47.5 Å². The molecule has 2 heterocycles. The van der Waals surface area contributed by atoms with E-state index in [4.69, 9.17) is 39.5 Å². The molecule has 1 N–H and O–H groups in total. The first-order valence-corrected chi connectivity index (χ1v) is 12.6. The number of anilines is 1. The summed E-state index contributed by atoms with van der Waals surface area (Å²) in [6.07, 6.45) is 4.41. The molecule has 1 aliphatic rings. The van der Waals surface area contributed by atoms with Crippen LogP contribution in [0.3, 0.4) is 0 Å². The van der Waals surface area contributed by atoms with Gasteiger partial charge in [0, 0.05) is 27.6 Å². The third-order valence-corrected chi connectivity index (χ3v) is 6.96. The van der Waals surface area contributed by atoms with Gasteiger partial charge < -0.3 is 15.0 Å². The minimum atomic E-state index is -0.285. The van der Waals surface area contributed by atoms with E-state index in [1.165, 1.54) is 19.2 Å². The highest BCUT2D eigenvalue weighted by molar-refractivity contribution is 6.39. The summed E-state index contributed by atoms with van der Waals surface area (Å²) in [6, 6.07) is 12.9. The van der Waals surface area contributed by atoms with Crippen molar-refractivity contribution in [1.29, 1.82) is 0 Å². The van der Waals surface area contributed by atoms with E-state index < -0.39 is 0 Å². The fourth-order valence-corrected chi connectivity index (χ4v) is 4.96. The molecule has 1 amide bonds. The van der Waals surface area contributed by atoms with Crippen molar-refractivity contribution in [2.75, 3.05) is 32.1 Å². The lowest BCUT2D eigenvalue weighted by Crippen LogP contribution is -2.32. The van der Waals surface area contributed by atoms with Crippen LogP contribution in [-0.2, 0) is 17.6 Å². The number of likely N-dealkylation sites (tertiary alicyclic amines) is 1. The first-order chi connectivity index (χ1) is 16.9. The van der Waals surface area contributed by atoms with Gasteiger partial charge in [-0.3, -0.25) is 4.79 Å². The number of hydrogen-bond acceptors (Lipinski definition) is 5. The van der Waals surface area contributed by atoms with Crippen molar-refractivity contribution in [3.63, 3.8) is 0 Å². The highest BCUT2D eigenvalue weighted by Crippen LogP contribution is 2.29. The van der Waals surface area contributed by atoms with Crippen LogP contribution in [0, 0.1) is 5.92 Å². The van der Waals surface area contributed by atoms with Gasteiger partial charge in [0.2, 0.25) is 5.91 Å². The highest BCUT2D eigenvalue weighted by Gasteiger charge is 2.17. The third kappa shape index (κ3) is 7.55. The fourth-order valence-electron chi connectivity index (χ4n) is 4.01. The lowest BCUT2D eigenvalue weighted by Gasteiger charge is -2.28. The van der Waals surface area contributed by atoms with Crippen molar-refractivity contribution in [3.8, 4) is 5.75 Å². The maximum absolute atomic E-state index is 12.5. The van der Waals surface area contributed by atoms with Gasteiger partial charge >= 0.3 is 0 Å². The van der Waals surface area contributed by atoms with Crippen LogP contribution in [0.15, 0.2) is 48.8 Å². The molecule has 184 valence electrons. The Labute approximate surface area is 220 Å². The molecule has 3 aromatic rings. The molecular formula is C26H27Cl3N4O2. The molecule has 2 aromatic carbocycles. The van der Waals surface area contributed by atoms with Gasteiger partial charge in [0.1, 0.15) is 17.9 Å². The van der Waals surface area contributed by atoms with E-state index in [0.29, 0.717) is 38.8 Å². The maximum atomic E-state index is 12.5. The van der Waals surface area contributed by atoms with Gasteiger partial charge in [0.25, 0.3) is 0 Å². The van der Waals surface area contributed by atoms with Gasteiger partial charge in [-0.15, -0.1) is 0 Å². The summed E-state index contributed by atoms with van der Waals surface area (Å²) in [6.45, 7) is 3.03. The number of nitrogens with one attached hydrogen (secondary N) is 1. The van der Waals surface area contributed by atoms with E-state index in [0.717, 1.165) is 36.7 Å². The number of carbonyl (C=O) groups is 1. The summed E-state index contributed by atoms with van der Waals surface area (Å²) in [7, 11) is 2.16. The summed E-state index contributed by atoms with van der Waals surface area (Å²) in [5.41, 5.74) is 2.40. The number of ether oxygens (including phenoxy) is 1. The zero-order chi connectivity index (χ0) is 24.8. The van der Waals surface area contributed by atoms with Gasteiger partial charge in [-0.05, 0) is 74.3 Å². The van der Waals surface area contributed by atoms with Gasteiger partial charge in [-0.1, -0.05) is 46.9 Å². The Morgan fingerprint density at radius 3 is 2.43 bits per heavy atom. The lowest BCUT2D eigenvalue weighted by molar-refractivity contribution is -0.115. The molecule has 1 aliphatic heterocycles. The average molecular weight is 534 g/mol. The molecule has 1 saturated heterocycles. The first kappa shape index (κ1) is 25.7. The SMILES string of the molecule is CN1CCC(COc2ccc(Cc3cc(NC(=O)Cc4c(Cl)cc(Cl)cc4Cl)ncn3)cc2)CC1. The molecule has 9 heteroatoms. The molecule has 0 unspecified atom stereocenters. The van der Waals surface area contributed by atoms with Crippen LogP contribution >= 0.6 is 34.8 Å². The van der Waals surface area contributed by atoms with Crippen molar-refractivity contribution in [3.05, 3.63) is 80.7 Å². The van der Waals surface area contributed by atoms with Crippen molar-refractivity contribution in [2.24, 2.45) is 5.92 Å². The number of nitrogens with zero attached hydrogens (tertiary/aromatic N) is 3. The number of aromatic nitrogens is 2. The molecule has 0 atom stereocenters. The molecule has 1 fully saturated rings. The van der Waals surface area contributed by atoms with Crippen LogP contribution in [0.2, 0.25) is 15.1 Å². The Bertz CT molecular complexity index is 1140. The zero-order valence-corrected chi connectivity index (χ0v) is 21.7. The summed E-state index contributed by atoms with van der Waals surface area (Å²) >= 11 is 18.3. The standard InChI is InChI=1S/C26H27Cl3N4O2/c1-33-8-6-18(7-9-33)15-35-21-4-2-17(3-5-21)10-20-13-25(31-16-30-20)32-26(34)14-22-23(28)11-19(27)12-24(22)29/h2-5,11-13,16,18H,6-10,14-15H2,1H3,(H,30,31,32,34). The van der Waals surface area contributed by atoms with Gasteiger partial charge in [-0.25, -0.2) is 9.97 Å². The quantitative estimate of drug-likeness (QED) is 0.389. The van der Waals surface area contributed by atoms with Crippen molar-refractivity contribution in [2.45, 2.75) is 25.7 Å². The second kappa shape index (κ2) is 12.0. The molecule has 0 saturated carbocycles. The Balaban J connectivity index is 1.30. The molecule has 1 aromatic heterocycles. The van der Waals surface area contributed by atoms with E-state index in [2.05, 4.69) is 27.2 Å². The molecule has 0 spiro atoms. The van der Waals surface area contributed by atoms with Crippen molar-refractivity contribution < 1.29 is 9.53 Å². The zero-order valence-electron chi connectivity index (χ0n) is 19.4. The predicted molar refractivity (Wildman–Crippen MR) is 141 cm³/mol. The van der Waals surface area contributed by atoms with Gasteiger partial charge in [0.05, 0.1) is 18.7 Å². The minimum Gasteiger partial charge on any atom is -0.493 e. The molecular weight excluding hydrogens is 507 g/mol. The fraction of sp³-hybridized carbons (Fsp3) is 0.346. The lowest BCUT2D eigenvalue weighted by atomic mass is 9.98. The van der Waals surface area contributed by atoms with E-state index in [1.807, 2.05) is 24.3 Å². The monoisotopic (exact) mass is 532 g/mol. The average Bonchev–Trinajstić information content (AvgIpc) is 2.82.